The molecule has 3 aromatic heterocycles. The lowest BCUT2D eigenvalue weighted by molar-refractivity contribution is 0.0738. The SMILES string of the molecule is CNC(=O)c1c(F)cnc2c(CCNc3cc(-c4ccc(C(C)(C)O)nc4)ncn3)cccc12. The largest absolute Gasteiger partial charge is 0.384 e. The molecule has 0 aliphatic rings. The molecule has 3 heterocycles. The highest BCUT2D eigenvalue weighted by atomic mass is 19.1. The lowest BCUT2D eigenvalue weighted by Crippen LogP contribution is -2.20. The monoisotopic (exact) mass is 460 g/mol. The predicted octanol–water partition coefficient (Wildman–Crippen LogP) is 3.47. The Hall–Kier alpha value is -3.98. The summed E-state index contributed by atoms with van der Waals surface area (Å²) >= 11 is 0. The molecule has 4 rings (SSSR count). The van der Waals surface area contributed by atoms with E-state index in [9.17, 15) is 14.3 Å². The number of halogens is 1. The molecule has 0 radical (unpaired) electrons. The van der Waals surface area contributed by atoms with Crippen LogP contribution in [0.4, 0.5) is 10.2 Å². The second kappa shape index (κ2) is 9.48. The summed E-state index contributed by atoms with van der Waals surface area (Å²) in [5, 5.41) is 16.3. The van der Waals surface area contributed by atoms with Gasteiger partial charge in [0.1, 0.15) is 17.7 Å². The van der Waals surface area contributed by atoms with Gasteiger partial charge in [0.25, 0.3) is 5.91 Å². The molecule has 0 unspecified atom stereocenters. The van der Waals surface area contributed by atoms with E-state index in [0.29, 0.717) is 41.1 Å². The van der Waals surface area contributed by atoms with Crippen molar-refractivity contribution in [2.45, 2.75) is 25.9 Å². The second-order valence-corrected chi connectivity index (χ2v) is 8.33. The smallest absolute Gasteiger partial charge is 0.254 e. The van der Waals surface area contributed by atoms with Crippen molar-refractivity contribution in [2.24, 2.45) is 0 Å². The van der Waals surface area contributed by atoms with Crippen LogP contribution in [0.15, 0.2) is 55.1 Å². The van der Waals surface area contributed by atoms with Crippen molar-refractivity contribution in [3.8, 4) is 11.3 Å². The summed E-state index contributed by atoms with van der Waals surface area (Å²) < 4.78 is 14.3. The zero-order valence-electron chi connectivity index (χ0n) is 19.1. The molecule has 0 saturated carbocycles. The first-order valence-electron chi connectivity index (χ1n) is 10.8. The number of aliphatic hydroxyl groups is 1. The molecule has 0 saturated heterocycles. The summed E-state index contributed by atoms with van der Waals surface area (Å²) in [7, 11) is 1.47. The van der Waals surface area contributed by atoms with Crippen LogP contribution in [0, 0.1) is 5.82 Å². The Morgan fingerprint density at radius 2 is 1.91 bits per heavy atom. The fraction of sp³-hybridized carbons (Fsp3) is 0.240. The molecule has 4 aromatic rings. The Morgan fingerprint density at radius 3 is 2.62 bits per heavy atom. The van der Waals surface area contributed by atoms with E-state index in [1.54, 1.807) is 38.2 Å². The van der Waals surface area contributed by atoms with E-state index in [1.165, 1.54) is 13.4 Å². The number of amides is 1. The molecular formula is C25H25FN6O2. The Kier molecular flexibility index (Phi) is 6.47. The quantitative estimate of drug-likeness (QED) is 0.387. The number of carbonyl (C=O) groups is 1. The number of carbonyl (C=O) groups excluding carboxylic acids is 1. The summed E-state index contributed by atoms with van der Waals surface area (Å²) in [4.78, 5) is 29.3. The third-order valence-electron chi connectivity index (χ3n) is 5.44. The molecule has 1 amide bonds. The average Bonchev–Trinajstić information content (AvgIpc) is 2.83. The van der Waals surface area contributed by atoms with E-state index >= 15 is 0 Å². The van der Waals surface area contributed by atoms with E-state index < -0.39 is 17.3 Å². The molecule has 0 spiro atoms. The number of aromatic nitrogens is 4. The number of nitrogens with zero attached hydrogens (tertiary/aromatic N) is 4. The van der Waals surface area contributed by atoms with E-state index in [-0.39, 0.29) is 5.56 Å². The zero-order valence-corrected chi connectivity index (χ0v) is 19.1. The number of fused-ring (bicyclic) bond motifs is 1. The minimum absolute atomic E-state index is 0.00744. The van der Waals surface area contributed by atoms with Gasteiger partial charge in [-0.1, -0.05) is 18.2 Å². The van der Waals surface area contributed by atoms with Crippen LogP contribution in [-0.2, 0) is 12.0 Å². The molecule has 0 aliphatic carbocycles. The Labute approximate surface area is 196 Å². The van der Waals surface area contributed by atoms with Gasteiger partial charge in [0.05, 0.1) is 28.7 Å². The van der Waals surface area contributed by atoms with Gasteiger partial charge < -0.3 is 15.7 Å². The van der Waals surface area contributed by atoms with Crippen molar-refractivity contribution >= 4 is 22.6 Å². The number of hydrogen-bond donors (Lipinski definition) is 3. The number of rotatable bonds is 7. The third kappa shape index (κ3) is 4.84. The molecule has 8 nitrogen and oxygen atoms in total. The van der Waals surface area contributed by atoms with Crippen molar-refractivity contribution < 1.29 is 14.3 Å². The minimum Gasteiger partial charge on any atom is -0.384 e. The van der Waals surface area contributed by atoms with Crippen LogP contribution in [0.25, 0.3) is 22.2 Å². The lowest BCUT2D eigenvalue weighted by Gasteiger charge is -2.16. The fourth-order valence-electron chi connectivity index (χ4n) is 3.66. The molecule has 0 atom stereocenters. The maximum atomic E-state index is 14.3. The van der Waals surface area contributed by atoms with E-state index in [4.69, 9.17) is 0 Å². The molecular weight excluding hydrogens is 435 g/mol. The van der Waals surface area contributed by atoms with Gasteiger partial charge in [-0.2, -0.15) is 0 Å². The maximum Gasteiger partial charge on any atom is 0.254 e. The summed E-state index contributed by atoms with van der Waals surface area (Å²) in [6, 6.07) is 10.8. The molecule has 1 aromatic carbocycles. The van der Waals surface area contributed by atoms with Gasteiger partial charge >= 0.3 is 0 Å². The predicted molar refractivity (Wildman–Crippen MR) is 128 cm³/mol. The number of para-hydroxylation sites is 1. The molecule has 3 N–H and O–H groups in total. The number of anilines is 1. The van der Waals surface area contributed by atoms with Gasteiger partial charge in [-0.05, 0) is 38.0 Å². The Balaban J connectivity index is 1.50. The number of pyridine rings is 2. The molecule has 0 aliphatic heterocycles. The van der Waals surface area contributed by atoms with Crippen LogP contribution in [0.1, 0.15) is 35.5 Å². The van der Waals surface area contributed by atoms with Crippen molar-refractivity contribution in [1.82, 2.24) is 25.3 Å². The highest BCUT2D eigenvalue weighted by molar-refractivity contribution is 6.06. The summed E-state index contributed by atoms with van der Waals surface area (Å²) in [6.45, 7) is 3.91. The van der Waals surface area contributed by atoms with Gasteiger partial charge in [0.15, 0.2) is 5.82 Å². The lowest BCUT2D eigenvalue weighted by atomic mass is 10.0. The number of hydrogen-bond acceptors (Lipinski definition) is 7. The van der Waals surface area contributed by atoms with E-state index in [0.717, 1.165) is 17.3 Å². The first-order valence-corrected chi connectivity index (χ1v) is 10.8. The standard InChI is InChI=1S/C25H25FN6O2/c1-25(2,34)20-8-7-16(12-29-20)19-11-21(32-14-31-19)28-10-9-15-5-4-6-17-22(24(33)27-3)18(26)13-30-23(15)17/h4-8,11-14,34H,9-10H2,1-3H3,(H,27,33)(H,28,31,32). The highest BCUT2D eigenvalue weighted by Crippen LogP contribution is 2.24. The molecule has 9 heteroatoms. The zero-order chi connectivity index (χ0) is 24.3. The van der Waals surface area contributed by atoms with Crippen LogP contribution < -0.4 is 10.6 Å². The van der Waals surface area contributed by atoms with Crippen LogP contribution >= 0.6 is 0 Å². The van der Waals surface area contributed by atoms with E-state index in [1.807, 2.05) is 18.2 Å². The molecule has 0 fully saturated rings. The third-order valence-corrected chi connectivity index (χ3v) is 5.44. The average molecular weight is 461 g/mol. The number of nitrogens with one attached hydrogen (secondary N) is 2. The topological polar surface area (TPSA) is 113 Å². The van der Waals surface area contributed by atoms with Crippen LogP contribution in [-0.4, -0.2) is 44.5 Å². The van der Waals surface area contributed by atoms with E-state index in [2.05, 4.69) is 30.6 Å². The maximum absolute atomic E-state index is 14.3. The summed E-state index contributed by atoms with van der Waals surface area (Å²) in [6.07, 6.45) is 4.81. The van der Waals surface area contributed by atoms with Crippen molar-refractivity contribution in [3.63, 3.8) is 0 Å². The summed E-state index contributed by atoms with van der Waals surface area (Å²) in [5.74, 6) is -0.499. The molecule has 34 heavy (non-hydrogen) atoms. The fourth-order valence-corrected chi connectivity index (χ4v) is 3.66. The second-order valence-electron chi connectivity index (χ2n) is 8.33. The van der Waals surface area contributed by atoms with Gasteiger partial charge in [-0.15, -0.1) is 0 Å². The first-order chi connectivity index (χ1) is 16.3. The van der Waals surface area contributed by atoms with Crippen molar-refractivity contribution in [1.29, 1.82) is 0 Å². The van der Waals surface area contributed by atoms with Gasteiger partial charge in [-0.25, -0.2) is 14.4 Å². The van der Waals surface area contributed by atoms with Gasteiger partial charge in [0.2, 0.25) is 0 Å². The van der Waals surface area contributed by atoms with Crippen molar-refractivity contribution in [3.05, 3.63) is 77.8 Å². The number of benzene rings is 1. The molecule has 0 bridgehead atoms. The summed E-state index contributed by atoms with van der Waals surface area (Å²) in [5.41, 5.74) is 2.53. The van der Waals surface area contributed by atoms with Crippen LogP contribution in [0.2, 0.25) is 0 Å². The van der Waals surface area contributed by atoms with Crippen molar-refractivity contribution in [2.75, 3.05) is 18.9 Å². The Morgan fingerprint density at radius 1 is 1.09 bits per heavy atom. The van der Waals surface area contributed by atoms with Gasteiger partial charge in [-0.3, -0.25) is 14.8 Å². The van der Waals surface area contributed by atoms with Crippen LogP contribution in [0.3, 0.4) is 0 Å². The first kappa shape index (κ1) is 23.2. The molecule has 174 valence electrons. The normalized spacial score (nSPS) is 11.4. The van der Waals surface area contributed by atoms with Crippen LogP contribution in [0.5, 0.6) is 0 Å². The minimum atomic E-state index is -1.01. The highest BCUT2D eigenvalue weighted by Gasteiger charge is 2.18. The Bertz CT molecular complexity index is 1340. The van der Waals surface area contributed by atoms with Gasteiger partial charge in [0, 0.05) is 36.8 Å².